The van der Waals surface area contributed by atoms with Crippen molar-refractivity contribution in [1.29, 1.82) is 0 Å². The van der Waals surface area contributed by atoms with E-state index in [-0.39, 0.29) is 25.1 Å². The highest BCUT2D eigenvalue weighted by atomic mass is 16.7. The van der Waals surface area contributed by atoms with Gasteiger partial charge in [-0.05, 0) is 6.92 Å². The molecule has 0 radical (unpaired) electrons. The SMILES string of the molecule is CC1OC(c2ccccc2)OC1CO. The summed E-state index contributed by atoms with van der Waals surface area (Å²) in [4.78, 5) is 0. The van der Waals surface area contributed by atoms with Crippen molar-refractivity contribution in [3.05, 3.63) is 35.9 Å². The van der Waals surface area contributed by atoms with Crippen LogP contribution in [0.5, 0.6) is 0 Å². The molecule has 2 rings (SSSR count). The third kappa shape index (κ3) is 1.80. The zero-order valence-corrected chi connectivity index (χ0v) is 8.09. The monoisotopic (exact) mass is 194 g/mol. The molecule has 1 fully saturated rings. The van der Waals surface area contributed by atoms with Crippen LogP contribution in [-0.4, -0.2) is 23.9 Å². The number of aliphatic hydroxyl groups is 1. The Morgan fingerprint density at radius 1 is 1.21 bits per heavy atom. The van der Waals surface area contributed by atoms with Crippen molar-refractivity contribution in [1.82, 2.24) is 0 Å². The van der Waals surface area contributed by atoms with E-state index in [0.717, 1.165) is 5.56 Å². The quantitative estimate of drug-likeness (QED) is 0.775. The molecule has 1 aliphatic heterocycles. The highest BCUT2D eigenvalue weighted by molar-refractivity contribution is 5.16. The maximum absolute atomic E-state index is 9.00. The van der Waals surface area contributed by atoms with Crippen LogP contribution < -0.4 is 0 Å². The van der Waals surface area contributed by atoms with Crippen LogP contribution in [0, 0.1) is 0 Å². The maximum atomic E-state index is 9.00. The highest BCUT2D eigenvalue weighted by Crippen LogP contribution is 2.30. The zero-order valence-electron chi connectivity index (χ0n) is 8.09. The van der Waals surface area contributed by atoms with E-state index in [0.29, 0.717) is 0 Å². The van der Waals surface area contributed by atoms with Gasteiger partial charge in [0.25, 0.3) is 0 Å². The lowest BCUT2D eigenvalue weighted by atomic mass is 10.2. The van der Waals surface area contributed by atoms with Crippen LogP contribution in [0.2, 0.25) is 0 Å². The first-order valence-corrected chi connectivity index (χ1v) is 4.78. The second-order valence-electron chi connectivity index (χ2n) is 3.44. The summed E-state index contributed by atoms with van der Waals surface area (Å²) in [5, 5.41) is 9.00. The van der Waals surface area contributed by atoms with Crippen molar-refractivity contribution >= 4 is 0 Å². The van der Waals surface area contributed by atoms with Crippen LogP contribution in [0.15, 0.2) is 30.3 Å². The fraction of sp³-hybridized carbons (Fsp3) is 0.455. The molecule has 1 aromatic rings. The van der Waals surface area contributed by atoms with Crippen LogP contribution in [-0.2, 0) is 9.47 Å². The van der Waals surface area contributed by atoms with Crippen LogP contribution in [0.4, 0.5) is 0 Å². The average molecular weight is 194 g/mol. The van der Waals surface area contributed by atoms with Crippen molar-refractivity contribution in [3.8, 4) is 0 Å². The molecule has 1 aliphatic rings. The Hall–Kier alpha value is -0.900. The summed E-state index contributed by atoms with van der Waals surface area (Å²) in [6, 6.07) is 9.75. The van der Waals surface area contributed by atoms with Gasteiger partial charge < -0.3 is 14.6 Å². The van der Waals surface area contributed by atoms with Gasteiger partial charge in [-0.3, -0.25) is 0 Å². The standard InChI is InChI=1S/C11H14O3/c1-8-10(7-12)14-11(13-8)9-5-3-2-4-6-9/h2-6,8,10-12H,7H2,1H3. The van der Waals surface area contributed by atoms with E-state index in [1.807, 2.05) is 37.3 Å². The van der Waals surface area contributed by atoms with Crippen molar-refractivity contribution in [2.75, 3.05) is 6.61 Å². The molecule has 3 atom stereocenters. The van der Waals surface area contributed by atoms with Gasteiger partial charge in [0.2, 0.25) is 0 Å². The first kappa shape index (κ1) is 9.65. The Morgan fingerprint density at radius 3 is 2.50 bits per heavy atom. The van der Waals surface area contributed by atoms with Crippen molar-refractivity contribution in [2.45, 2.75) is 25.4 Å². The zero-order chi connectivity index (χ0) is 9.97. The van der Waals surface area contributed by atoms with Crippen LogP contribution in [0.1, 0.15) is 18.8 Å². The van der Waals surface area contributed by atoms with Gasteiger partial charge in [-0.2, -0.15) is 0 Å². The minimum atomic E-state index is -0.330. The van der Waals surface area contributed by atoms with Gasteiger partial charge in [0.15, 0.2) is 6.29 Å². The normalized spacial score (nSPS) is 32.0. The summed E-state index contributed by atoms with van der Waals surface area (Å²) in [7, 11) is 0. The molecule has 1 N–H and O–H groups in total. The lowest BCUT2D eigenvalue weighted by Gasteiger charge is -2.09. The third-order valence-electron chi connectivity index (χ3n) is 2.41. The number of rotatable bonds is 2. The Morgan fingerprint density at radius 2 is 1.93 bits per heavy atom. The first-order chi connectivity index (χ1) is 6.81. The lowest BCUT2D eigenvalue weighted by molar-refractivity contribution is -0.0724. The molecule has 3 nitrogen and oxygen atoms in total. The molecular weight excluding hydrogens is 180 g/mol. The predicted octanol–water partition coefficient (Wildman–Crippen LogP) is 1.48. The van der Waals surface area contributed by atoms with E-state index in [1.165, 1.54) is 0 Å². The van der Waals surface area contributed by atoms with Crippen molar-refractivity contribution in [2.24, 2.45) is 0 Å². The molecule has 14 heavy (non-hydrogen) atoms. The number of aliphatic hydroxyl groups excluding tert-OH is 1. The molecule has 1 aromatic carbocycles. The number of hydrogen-bond acceptors (Lipinski definition) is 3. The minimum absolute atomic E-state index is 0.00446. The third-order valence-corrected chi connectivity index (χ3v) is 2.41. The van der Waals surface area contributed by atoms with Crippen LogP contribution >= 0.6 is 0 Å². The fourth-order valence-electron chi connectivity index (χ4n) is 1.54. The fourth-order valence-corrected chi connectivity index (χ4v) is 1.54. The minimum Gasteiger partial charge on any atom is -0.394 e. The molecule has 0 aromatic heterocycles. The number of benzene rings is 1. The number of ether oxygens (including phenoxy) is 2. The molecular formula is C11H14O3. The molecule has 1 heterocycles. The molecule has 1 saturated heterocycles. The maximum Gasteiger partial charge on any atom is 0.184 e. The van der Waals surface area contributed by atoms with Crippen molar-refractivity contribution < 1.29 is 14.6 Å². The largest absolute Gasteiger partial charge is 0.394 e. The van der Waals surface area contributed by atoms with Gasteiger partial charge in [0.05, 0.1) is 12.7 Å². The molecule has 0 bridgehead atoms. The molecule has 0 spiro atoms. The van der Waals surface area contributed by atoms with E-state index in [1.54, 1.807) is 0 Å². The molecule has 3 heteroatoms. The topological polar surface area (TPSA) is 38.7 Å². The summed E-state index contributed by atoms with van der Waals surface area (Å²) in [6.45, 7) is 1.91. The van der Waals surface area contributed by atoms with E-state index in [2.05, 4.69) is 0 Å². The van der Waals surface area contributed by atoms with Crippen LogP contribution in [0.3, 0.4) is 0 Å². The second kappa shape index (κ2) is 4.09. The Balaban J connectivity index is 2.09. The molecule has 76 valence electrons. The summed E-state index contributed by atoms with van der Waals surface area (Å²) in [5.74, 6) is 0. The molecule has 0 saturated carbocycles. The van der Waals surface area contributed by atoms with E-state index in [9.17, 15) is 0 Å². The number of hydrogen-bond donors (Lipinski definition) is 1. The molecule has 3 unspecified atom stereocenters. The van der Waals surface area contributed by atoms with Gasteiger partial charge >= 0.3 is 0 Å². The van der Waals surface area contributed by atoms with E-state index >= 15 is 0 Å². The van der Waals surface area contributed by atoms with Gasteiger partial charge in [-0.1, -0.05) is 30.3 Å². The summed E-state index contributed by atoms with van der Waals surface area (Å²) in [5.41, 5.74) is 0.996. The predicted molar refractivity (Wildman–Crippen MR) is 51.7 cm³/mol. The molecule has 0 amide bonds. The lowest BCUT2D eigenvalue weighted by Crippen LogP contribution is -2.22. The second-order valence-corrected chi connectivity index (χ2v) is 3.44. The Labute approximate surface area is 83.3 Å². The van der Waals surface area contributed by atoms with Gasteiger partial charge in [0.1, 0.15) is 6.10 Å². The van der Waals surface area contributed by atoms with E-state index in [4.69, 9.17) is 14.6 Å². The van der Waals surface area contributed by atoms with Crippen LogP contribution in [0.25, 0.3) is 0 Å². The Bertz CT molecular complexity index is 286. The summed E-state index contributed by atoms with van der Waals surface area (Å²) < 4.78 is 11.1. The van der Waals surface area contributed by atoms with E-state index < -0.39 is 0 Å². The summed E-state index contributed by atoms with van der Waals surface area (Å²) >= 11 is 0. The first-order valence-electron chi connectivity index (χ1n) is 4.78. The van der Waals surface area contributed by atoms with Crippen molar-refractivity contribution in [3.63, 3.8) is 0 Å². The van der Waals surface area contributed by atoms with Gasteiger partial charge in [-0.15, -0.1) is 0 Å². The van der Waals surface area contributed by atoms with Gasteiger partial charge in [-0.25, -0.2) is 0 Å². The highest BCUT2D eigenvalue weighted by Gasteiger charge is 2.33. The summed E-state index contributed by atoms with van der Waals surface area (Å²) in [6.07, 6.45) is -0.589. The smallest absolute Gasteiger partial charge is 0.184 e. The molecule has 0 aliphatic carbocycles. The Kier molecular flexibility index (Phi) is 2.82. The average Bonchev–Trinajstić information content (AvgIpc) is 2.61. The van der Waals surface area contributed by atoms with Gasteiger partial charge in [0, 0.05) is 5.56 Å².